The van der Waals surface area contributed by atoms with E-state index in [9.17, 15) is 17.3 Å². The van der Waals surface area contributed by atoms with Crippen LogP contribution in [0.2, 0.25) is 0 Å². The van der Waals surface area contributed by atoms with E-state index in [1.54, 1.807) is 0 Å². The molecule has 0 spiro atoms. The monoisotopic (exact) mass is 355 g/mol. The smallest absolute Gasteiger partial charge is 0.418 e. The molecular formula is C18H38BF4N. The fourth-order valence-electron chi connectivity index (χ4n) is 3.48. The Labute approximate surface area is 146 Å². The Hall–Kier alpha value is -0.255. The molecule has 146 valence electrons. The van der Waals surface area contributed by atoms with Crippen LogP contribution in [0.5, 0.6) is 0 Å². The van der Waals surface area contributed by atoms with Crippen molar-refractivity contribution in [1.29, 1.82) is 0 Å². The lowest BCUT2D eigenvalue weighted by molar-refractivity contribution is -0.914. The van der Waals surface area contributed by atoms with Crippen LogP contribution in [0.1, 0.15) is 90.4 Å². The lowest BCUT2D eigenvalue weighted by Gasteiger charge is -2.37. The molecule has 0 aromatic heterocycles. The van der Waals surface area contributed by atoms with E-state index in [4.69, 9.17) is 0 Å². The largest absolute Gasteiger partial charge is 0.673 e. The summed E-state index contributed by atoms with van der Waals surface area (Å²) in [5, 5.41) is 0. The highest BCUT2D eigenvalue weighted by Crippen LogP contribution is 2.18. The Morgan fingerprint density at radius 1 is 0.667 bits per heavy atom. The van der Waals surface area contributed by atoms with Gasteiger partial charge in [0, 0.05) is 0 Å². The lowest BCUT2D eigenvalue weighted by atomic mass is 10.0. The van der Waals surface area contributed by atoms with Gasteiger partial charge in [-0.3, -0.25) is 0 Å². The number of hydrogen-bond acceptors (Lipinski definition) is 0. The van der Waals surface area contributed by atoms with Crippen molar-refractivity contribution in [3.05, 3.63) is 0 Å². The van der Waals surface area contributed by atoms with E-state index in [-0.39, 0.29) is 0 Å². The summed E-state index contributed by atoms with van der Waals surface area (Å²) >= 11 is 0. The van der Waals surface area contributed by atoms with Crippen molar-refractivity contribution in [3.63, 3.8) is 0 Å². The molecule has 1 saturated heterocycles. The van der Waals surface area contributed by atoms with E-state index in [1.807, 2.05) is 0 Å². The first-order chi connectivity index (χ1) is 11.3. The highest BCUT2D eigenvalue weighted by Gasteiger charge is 2.23. The van der Waals surface area contributed by atoms with E-state index >= 15 is 0 Å². The topological polar surface area (TPSA) is 0 Å². The molecule has 6 heteroatoms. The van der Waals surface area contributed by atoms with Crippen LogP contribution in [-0.4, -0.2) is 38.4 Å². The average molecular weight is 355 g/mol. The van der Waals surface area contributed by atoms with E-state index < -0.39 is 7.25 Å². The SMILES string of the molecule is CCCCCCCCCCCC[N+]1(C)CCCCC1.F[B-](F)(F)F. The molecule has 0 aliphatic carbocycles. The first kappa shape index (κ1) is 23.7. The number of nitrogens with zero attached hydrogens (tertiary/aromatic N) is 1. The minimum Gasteiger partial charge on any atom is -0.418 e. The molecule has 0 aromatic carbocycles. The summed E-state index contributed by atoms with van der Waals surface area (Å²) in [6, 6.07) is 0. The summed E-state index contributed by atoms with van der Waals surface area (Å²) in [5.41, 5.74) is 0. The minimum atomic E-state index is -6.00. The molecule has 0 amide bonds. The second kappa shape index (κ2) is 14.0. The molecule has 1 aliphatic rings. The van der Waals surface area contributed by atoms with Crippen LogP contribution in [-0.2, 0) is 0 Å². The zero-order valence-corrected chi connectivity index (χ0v) is 15.9. The third-order valence-corrected chi connectivity index (χ3v) is 4.95. The van der Waals surface area contributed by atoms with E-state index in [1.165, 1.54) is 108 Å². The zero-order valence-electron chi connectivity index (χ0n) is 15.9. The summed E-state index contributed by atoms with van der Waals surface area (Å²) in [4.78, 5) is 0. The second-order valence-electron chi connectivity index (χ2n) is 7.53. The molecule has 0 atom stereocenters. The van der Waals surface area contributed by atoms with Gasteiger partial charge in [0.1, 0.15) is 0 Å². The summed E-state index contributed by atoms with van der Waals surface area (Å²) in [6.07, 6.45) is 19.0. The highest BCUT2D eigenvalue weighted by molar-refractivity contribution is 6.50. The quantitative estimate of drug-likeness (QED) is 0.165. The van der Waals surface area contributed by atoms with Crippen LogP contribution >= 0.6 is 0 Å². The van der Waals surface area contributed by atoms with Crippen molar-refractivity contribution in [2.45, 2.75) is 90.4 Å². The Balaban J connectivity index is 0.000000922. The molecule has 1 aliphatic heterocycles. The molecule has 24 heavy (non-hydrogen) atoms. The third kappa shape index (κ3) is 18.1. The summed E-state index contributed by atoms with van der Waals surface area (Å²) < 4.78 is 40.4. The highest BCUT2D eigenvalue weighted by atomic mass is 19.5. The van der Waals surface area contributed by atoms with Crippen molar-refractivity contribution in [2.75, 3.05) is 26.7 Å². The second-order valence-corrected chi connectivity index (χ2v) is 7.53. The van der Waals surface area contributed by atoms with Crippen molar-refractivity contribution in [2.24, 2.45) is 0 Å². The number of quaternary nitrogens is 1. The van der Waals surface area contributed by atoms with Crippen LogP contribution < -0.4 is 0 Å². The van der Waals surface area contributed by atoms with Crippen LogP contribution in [0.3, 0.4) is 0 Å². The Bertz CT molecular complexity index is 273. The van der Waals surface area contributed by atoms with Gasteiger partial charge in [0.2, 0.25) is 0 Å². The van der Waals surface area contributed by atoms with Crippen LogP contribution in [0.15, 0.2) is 0 Å². The van der Waals surface area contributed by atoms with Gasteiger partial charge in [0.05, 0.1) is 26.7 Å². The molecule has 1 rings (SSSR count). The maximum Gasteiger partial charge on any atom is 0.673 e. The van der Waals surface area contributed by atoms with Crippen molar-refractivity contribution in [1.82, 2.24) is 0 Å². The molecule has 0 saturated carbocycles. The molecule has 1 fully saturated rings. The zero-order chi connectivity index (χ0) is 18.3. The number of hydrogen-bond donors (Lipinski definition) is 0. The maximum absolute atomic E-state index is 9.75. The van der Waals surface area contributed by atoms with Gasteiger partial charge in [-0.1, -0.05) is 58.3 Å². The number of likely N-dealkylation sites (tertiary alicyclic amines) is 1. The average Bonchev–Trinajstić information content (AvgIpc) is 2.48. The first-order valence-electron chi connectivity index (χ1n) is 9.98. The molecule has 0 bridgehead atoms. The van der Waals surface area contributed by atoms with Gasteiger partial charge < -0.3 is 21.7 Å². The van der Waals surface area contributed by atoms with Gasteiger partial charge >= 0.3 is 7.25 Å². The first-order valence-corrected chi connectivity index (χ1v) is 9.98. The van der Waals surface area contributed by atoms with Gasteiger partial charge in [0.25, 0.3) is 0 Å². The van der Waals surface area contributed by atoms with Gasteiger partial charge in [-0.2, -0.15) is 0 Å². The molecule has 0 radical (unpaired) electrons. The maximum atomic E-state index is 9.75. The lowest BCUT2D eigenvalue weighted by Crippen LogP contribution is -2.48. The van der Waals surface area contributed by atoms with E-state index in [0.717, 1.165) is 0 Å². The Morgan fingerprint density at radius 2 is 1.04 bits per heavy atom. The minimum absolute atomic E-state index is 1.37. The molecule has 0 aromatic rings. The molecule has 0 N–H and O–H groups in total. The summed E-state index contributed by atoms with van der Waals surface area (Å²) in [6.45, 7) is 6.62. The van der Waals surface area contributed by atoms with Crippen molar-refractivity contribution in [3.8, 4) is 0 Å². The normalized spacial score (nSPS) is 17.2. The van der Waals surface area contributed by atoms with E-state index in [2.05, 4.69) is 14.0 Å². The number of halogens is 4. The van der Waals surface area contributed by atoms with Crippen LogP contribution in [0, 0.1) is 0 Å². The summed E-state index contributed by atoms with van der Waals surface area (Å²) in [5.74, 6) is 0. The molecule has 1 nitrogen and oxygen atoms in total. The Morgan fingerprint density at radius 3 is 1.46 bits per heavy atom. The third-order valence-electron chi connectivity index (χ3n) is 4.95. The van der Waals surface area contributed by atoms with Crippen molar-refractivity contribution >= 4 is 7.25 Å². The standard InChI is InChI=1S/C18H38N.BF4/c1-3-4-5-6-7-8-9-10-11-13-16-19(2)17-14-12-15-18-19;2-1(3,4)5/h3-18H2,1-2H3;/q+1;-1. The summed E-state index contributed by atoms with van der Waals surface area (Å²) in [7, 11) is -3.52. The molecular weight excluding hydrogens is 317 g/mol. The van der Waals surface area contributed by atoms with E-state index in [0.29, 0.717) is 0 Å². The fraction of sp³-hybridized carbons (Fsp3) is 1.00. The number of piperidine rings is 1. The number of rotatable bonds is 11. The van der Waals surface area contributed by atoms with Gasteiger partial charge in [0.15, 0.2) is 0 Å². The van der Waals surface area contributed by atoms with Crippen LogP contribution in [0.4, 0.5) is 17.3 Å². The number of unbranched alkanes of at least 4 members (excludes halogenated alkanes) is 9. The predicted octanol–water partition coefficient (Wildman–Crippen LogP) is 6.84. The van der Waals surface area contributed by atoms with Gasteiger partial charge in [-0.25, -0.2) is 0 Å². The van der Waals surface area contributed by atoms with Gasteiger partial charge in [-0.05, 0) is 32.1 Å². The predicted molar refractivity (Wildman–Crippen MR) is 96.7 cm³/mol. The fourth-order valence-corrected chi connectivity index (χ4v) is 3.48. The molecule has 0 unspecified atom stereocenters. The molecule has 1 heterocycles. The van der Waals surface area contributed by atoms with Crippen molar-refractivity contribution < 1.29 is 21.7 Å². The Kier molecular flexibility index (Phi) is 13.8. The van der Waals surface area contributed by atoms with Gasteiger partial charge in [-0.15, -0.1) is 0 Å². The van der Waals surface area contributed by atoms with Crippen LogP contribution in [0.25, 0.3) is 0 Å².